The molecule has 6 N–H and O–H groups in total. The van der Waals surface area contributed by atoms with Gasteiger partial charge < -0.3 is 26.0 Å². The lowest BCUT2D eigenvalue weighted by Gasteiger charge is -2.38. The quantitative estimate of drug-likeness (QED) is 0.387. The van der Waals surface area contributed by atoms with E-state index in [1.807, 2.05) is 0 Å². The van der Waals surface area contributed by atoms with E-state index in [9.17, 15) is 9.90 Å². The van der Waals surface area contributed by atoms with Crippen LogP contribution in [0.4, 0.5) is 0 Å². The molecule has 92 valence electrons. The SMILES string of the molecule is N[C@@]1(C(=O)O)C[C@H](CCB(O)O)CCC1O. The van der Waals surface area contributed by atoms with Crippen molar-refractivity contribution in [2.45, 2.75) is 43.6 Å². The van der Waals surface area contributed by atoms with Crippen molar-refractivity contribution < 1.29 is 25.1 Å². The molecule has 0 amide bonds. The summed E-state index contributed by atoms with van der Waals surface area (Å²) < 4.78 is 0. The van der Waals surface area contributed by atoms with Crippen LogP contribution < -0.4 is 5.73 Å². The summed E-state index contributed by atoms with van der Waals surface area (Å²) in [5, 5.41) is 36.0. The molecule has 1 saturated carbocycles. The minimum Gasteiger partial charge on any atom is -0.480 e. The van der Waals surface area contributed by atoms with Gasteiger partial charge in [-0.25, -0.2) is 0 Å². The predicted octanol–water partition coefficient (Wildman–Crippen LogP) is -1.21. The zero-order valence-electron chi connectivity index (χ0n) is 9.04. The maximum absolute atomic E-state index is 11.0. The highest BCUT2D eigenvalue weighted by Gasteiger charge is 2.46. The summed E-state index contributed by atoms with van der Waals surface area (Å²) in [6, 6.07) is 0. The summed E-state index contributed by atoms with van der Waals surface area (Å²) in [4.78, 5) is 11.0. The molecular weight excluding hydrogens is 213 g/mol. The first-order valence-electron chi connectivity index (χ1n) is 5.42. The molecule has 16 heavy (non-hydrogen) atoms. The molecule has 0 saturated heterocycles. The van der Waals surface area contributed by atoms with Gasteiger partial charge in [-0.2, -0.15) is 0 Å². The van der Waals surface area contributed by atoms with E-state index in [4.69, 9.17) is 20.9 Å². The first kappa shape index (κ1) is 13.4. The Bertz CT molecular complexity index is 262. The van der Waals surface area contributed by atoms with Gasteiger partial charge in [0, 0.05) is 0 Å². The standard InChI is InChI=1S/C9H18BNO5/c11-9(8(13)14)5-6(1-2-7(9)12)3-4-10(15)16/h6-7,12,15-16H,1-5,11H2,(H,13,14)/t6-,7?,9-/m0/s1. The second-order valence-corrected chi connectivity index (χ2v) is 4.57. The summed E-state index contributed by atoms with van der Waals surface area (Å²) >= 11 is 0. The molecule has 3 atom stereocenters. The summed E-state index contributed by atoms with van der Waals surface area (Å²) in [5.41, 5.74) is 4.07. The van der Waals surface area contributed by atoms with E-state index in [1.165, 1.54) is 0 Å². The molecule has 0 heterocycles. The Morgan fingerprint density at radius 1 is 1.44 bits per heavy atom. The number of rotatable bonds is 4. The van der Waals surface area contributed by atoms with Crippen LogP contribution in [0.25, 0.3) is 0 Å². The maximum atomic E-state index is 11.0. The van der Waals surface area contributed by atoms with E-state index in [0.717, 1.165) is 0 Å². The number of aliphatic hydroxyl groups excluding tert-OH is 1. The molecule has 6 nitrogen and oxygen atoms in total. The highest BCUT2D eigenvalue weighted by Crippen LogP contribution is 2.34. The zero-order valence-corrected chi connectivity index (χ0v) is 9.04. The van der Waals surface area contributed by atoms with E-state index in [1.54, 1.807) is 0 Å². The molecule has 0 aromatic carbocycles. The molecule has 1 unspecified atom stereocenters. The van der Waals surface area contributed by atoms with Gasteiger partial charge in [0.1, 0.15) is 5.54 Å². The number of carboxylic acid groups (broad SMARTS) is 1. The van der Waals surface area contributed by atoms with E-state index in [-0.39, 0.29) is 18.7 Å². The van der Waals surface area contributed by atoms with Crippen molar-refractivity contribution in [3.8, 4) is 0 Å². The van der Waals surface area contributed by atoms with Gasteiger partial charge in [-0.3, -0.25) is 4.79 Å². The average Bonchev–Trinajstić information content (AvgIpc) is 2.19. The fourth-order valence-electron chi connectivity index (χ4n) is 2.23. The van der Waals surface area contributed by atoms with Gasteiger partial charge in [-0.1, -0.05) is 6.42 Å². The highest BCUT2D eigenvalue weighted by molar-refractivity contribution is 6.40. The number of aliphatic hydroxyl groups is 1. The number of hydrogen-bond acceptors (Lipinski definition) is 5. The first-order valence-corrected chi connectivity index (χ1v) is 5.42. The minimum absolute atomic E-state index is 0.0197. The fraction of sp³-hybridized carbons (Fsp3) is 0.889. The molecule has 1 aliphatic rings. The van der Waals surface area contributed by atoms with Gasteiger partial charge >= 0.3 is 13.1 Å². The lowest BCUT2D eigenvalue weighted by Crippen LogP contribution is -2.60. The van der Waals surface area contributed by atoms with Crippen molar-refractivity contribution in [2.24, 2.45) is 11.7 Å². The Labute approximate surface area is 94.2 Å². The Kier molecular flexibility index (Phi) is 4.31. The van der Waals surface area contributed by atoms with Gasteiger partial charge in [0.25, 0.3) is 0 Å². The number of carbonyl (C=O) groups is 1. The van der Waals surface area contributed by atoms with Crippen LogP contribution in [0.5, 0.6) is 0 Å². The molecule has 0 aromatic rings. The summed E-state index contributed by atoms with van der Waals surface area (Å²) in [6.45, 7) is 0. The van der Waals surface area contributed by atoms with Gasteiger partial charge in [-0.05, 0) is 31.5 Å². The van der Waals surface area contributed by atoms with Crippen molar-refractivity contribution in [1.29, 1.82) is 0 Å². The Hall–Kier alpha value is -0.625. The maximum Gasteiger partial charge on any atom is 0.451 e. The summed E-state index contributed by atoms with van der Waals surface area (Å²) in [7, 11) is -1.37. The molecule has 1 fully saturated rings. The smallest absolute Gasteiger partial charge is 0.451 e. The molecular formula is C9H18BNO5. The lowest BCUT2D eigenvalue weighted by molar-refractivity contribution is -0.151. The van der Waals surface area contributed by atoms with Gasteiger partial charge in [0.2, 0.25) is 0 Å². The monoisotopic (exact) mass is 231 g/mol. The number of aliphatic carboxylic acids is 1. The van der Waals surface area contributed by atoms with Crippen LogP contribution in [-0.4, -0.2) is 45.0 Å². The second kappa shape index (κ2) is 5.14. The Morgan fingerprint density at radius 3 is 2.56 bits per heavy atom. The molecule has 0 aliphatic heterocycles. The van der Waals surface area contributed by atoms with Crippen molar-refractivity contribution >= 4 is 13.1 Å². The van der Waals surface area contributed by atoms with Gasteiger partial charge in [0.05, 0.1) is 6.10 Å². The van der Waals surface area contributed by atoms with E-state index in [0.29, 0.717) is 19.3 Å². The van der Waals surface area contributed by atoms with Crippen LogP contribution in [0.2, 0.25) is 6.32 Å². The van der Waals surface area contributed by atoms with E-state index >= 15 is 0 Å². The molecule has 0 radical (unpaired) electrons. The van der Waals surface area contributed by atoms with Crippen LogP contribution in [0, 0.1) is 5.92 Å². The normalized spacial score (nSPS) is 34.8. The van der Waals surface area contributed by atoms with Gasteiger partial charge in [0.15, 0.2) is 0 Å². The van der Waals surface area contributed by atoms with Crippen molar-refractivity contribution in [3.63, 3.8) is 0 Å². The molecule has 0 spiro atoms. The molecule has 7 heteroatoms. The second-order valence-electron chi connectivity index (χ2n) is 4.57. The van der Waals surface area contributed by atoms with E-state index in [2.05, 4.69) is 0 Å². The predicted molar refractivity (Wildman–Crippen MR) is 57.5 cm³/mol. The molecule has 1 aliphatic carbocycles. The average molecular weight is 231 g/mol. The highest BCUT2D eigenvalue weighted by atomic mass is 16.4. The number of nitrogens with two attached hydrogens (primary N) is 1. The minimum atomic E-state index is -1.59. The third-order valence-electron chi connectivity index (χ3n) is 3.30. The third-order valence-corrected chi connectivity index (χ3v) is 3.30. The molecule has 1 rings (SSSR count). The van der Waals surface area contributed by atoms with Gasteiger partial charge in [-0.15, -0.1) is 0 Å². The van der Waals surface area contributed by atoms with Crippen LogP contribution in [-0.2, 0) is 4.79 Å². The molecule has 0 aromatic heterocycles. The van der Waals surface area contributed by atoms with Crippen molar-refractivity contribution in [2.75, 3.05) is 0 Å². The zero-order chi connectivity index (χ0) is 12.3. The fourth-order valence-corrected chi connectivity index (χ4v) is 2.23. The largest absolute Gasteiger partial charge is 0.480 e. The summed E-state index contributed by atoms with van der Waals surface area (Å²) in [5.74, 6) is -1.18. The lowest BCUT2D eigenvalue weighted by atomic mass is 9.70. The van der Waals surface area contributed by atoms with Crippen LogP contribution in [0.15, 0.2) is 0 Å². The first-order chi connectivity index (χ1) is 7.36. The Morgan fingerprint density at radius 2 is 2.06 bits per heavy atom. The summed E-state index contributed by atoms with van der Waals surface area (Å²) in [6.07, 6.45) is 0.874. The van der Waals surface area contributed by atoms with Crippen molar-refractivity contribution in [1.82, 2.24) is 0 Å². The van der Waals surface area contributed by atoms with Crippen molar-refractivity contribution in [3.05, 3.63) is 0 Å². The molecule has 0 bridgehead atoms. The van der Waals surface area contributed by atoms with Crippen LogP contribution >= 0.6 is 0 Å². The number of carboxylic acids is 1. The van der Waals surface area contributed by atoms with E-state index < -0.39 is 24.7 Å². The third kappa shape index (κ3) is 2.94. The van der Waals surface area contributed by atoms with Crippen LogP contribution in [0.1, 0.15) is 25.7 Å². The topological polar surface area (TPSA) is 124 Å². The number of hydrogen-bond donors (Lipinski definition) is 5. The van der Waals surface area contributed by atoms with Crippen LogP contribution in [0.3, 0.4) is 0 Å². The Balaban J connectivity index is 2.57.